The van der Waals surface area contributed by atoms with Crippen molar-refractivity contribution in [3.05, 3.63) is 35.9 Å². The van der Waals surface area contributed by atoms with Crippen molar-refractivity contribution in [3.8, 4) is 0 Å². The molecule has 2 unspecified atom stereocenters. The minimum Gasteiger partial charge on any atom is -0.342 e. The van der Waals surface area contributed by atoms with E-state index in [0.717, 1.165) is 12.0 Å². The van der Waals surface area contributed by atoms with E-state index in [2.05, 4.69) is 5.32 Å². The number of amides is 2. The molecule has 4 heteroatoms. The SMILES string of the molecule is CCC1NC(=O)C(c2ccccc2)N(C(C)(C)CC)C1=O. The van der Waals surface area contributed by atoms with Gasteiger partial charge in [-0.2, -0.15) is 0 Å². The van der Waals surface area contributed by atoms with Crippen LogP contribution in [0.3, 0.4) is 0 Å². The van der Waals surface area contributed by atoms with Crippen molar-refractivity contribution in [2.75, 3.05) is 0 Å². The lowest BCUT2D eigenvalue weighted by Crippen LogP contribution is -2.64. The Hall–Kier alpha value is -1.84. The molecular formula is C17H24N2O2. The van der Waals surface area contributed by atoms with Crippen LogP contribution in [0.1, 0.15) is 52.1 Å². The summed E-state index contributed by atoms with van der Waals surface area (Å²) in [7, 11) is 0. The van der Waals surface area contributed by atoms with Crippen molar-refractivity contribution in [2.45, 2.75) is 58.2 Å². The van der Waals surface area contributed by atoms with Crippen LogP contribution in [0.4, 0.5) is 0 Å². The van der Waals surface area contributed by atoms with Crippen LogP contribution >= 0.6 is 0 Å². The summed E-state index contributed by atoms with van der Waals surface area (Å²) in [5.41, 5.74) is 0.502. The first-order valence-electron chi connectivity index (χ1n) is 7.61. The molecule has 2 rings (SSSR count). The molecule has 114 valence electrons. The number of carbonyl (C=O) groups excluding carboxylic acids is 2. The summed E-state index contributed by atoms with van der Waals surface area (Å²) in [5.74, 6) is -0.0769. The van der Waals surface area contributed by atoms with Gasteiger partial charge in [0.05, 0.1) is 0 Å². The average molecular weight is 288 g/mol. The van der Waals surface area contributed by atoms with E-state index in [1.807, 2.05) is 58.0 Å². The third-order valence-corrected chi connectivity index (χ3v) is 4.40. The third-order valence-electron chi connectivity index (χ3n) is 4.40. The van der Waals surface area contributed by atoms with Gasteiger partial charge < -0.3 is 10.2 Å². The molecule has 0 aromatic heterocycles. The van der Waals surface area contributed by atoms with Crippen LogP contribution in [0.5, 0.6) is 0 Å². The Bertz CT molecular complexity index is 525. The third kappa shape index (κ3) is 2.80. The predicted octanol–water partition coefficient (Wildman–Crippen LogP) is 2.65. The first kappa shape index (κ1) is 15.5. The first-order valence-corrected chi connectivity index (χ1v) is 7.61. The van der Waals surface area contributed by atoms with Crippen molar-refractivity contribution in [2.24, 2.45) is 0 Å². The molecule has 1 aromatic carbocycles. The first-order chi connectivity index (χ1) is 9.92. The van der Waals surface area contributed by atoms with Crippen LogP contribution in [0, 0.1) is 0 Å². The maximum atomic E-state index is 12.8. The smallest absolute Gasteiger partial charge is 0.248 e. The van der Waals surface area contributed by atoms with Gasteiger partial charge in [-0.15, -0.1) is 0 Å². The lowest BCUT2D eigenvalue weighted by Gasteiger charge is -2.47. The van der Waals surface area contributed by atoms with E-state index < -0.39 is 12.1 Å². The van der Waals surface area contributed by atoms with Crippen LogP contribution in [-0.2, 0) is 9.59 Å². The second-order valence-corrected chi connectivity index (χ2v) is 6.16. The van der Waals surface area contributed by atoms with Gasteiger partial charge >= 0.3 is 0 Å². The minimum atomic E-state index is -0.545. The number of rotatable bonds is 4. The van der Waals surface area contributed by atoms with Crippen LogP contribution in [0.15, 0.2) is 30.3 Å². The maximum Gasteiger partial charge on any atom is 0.248 e. The quantitative estimate of drug-likeness (QED) is 0.926. The summed E-state index contributed by atoms with van der Waals surface area (Å²) < 4.78 is 0. The molecule has 1 aliphatic heterocycles. The molecule has 1 saturated heterocycles. The minimum absolute atomic E-state index is 0.0119. The molecule has 1 aromatic rings. The van der Waals surface area contributed by atoms with Crippen molar-refractivity contribution in [1.82, 2.24) is 10.2 Å². The molecule has 0 radical (unpaired) electrons. The molecule has 0 bridgehead atoms. The molecular weight excluding hydrogens is 264 g/mol. The Labute approximate surface area is 126 Å². The number of piperazine rings is 1. The molecule has 1 N–H and O–H groups in total. The van der Waals surface area contributed by atoms with E-state index in [-0.39, 0.29) is 17.4 Å². The number of carbonyl (C=O) groups is 2. The number of hydrogen-bond donors (Lipinski definition) is 1. The number of nitrogens with zero attached hydrogens (tertiary/aromatic N) is 1. The summed E-state index contributed by atoms with van der Waals surface area (Å²) in [6.45, 7) is 8.00. The second-order valence-electron chi connectivity index (χ2n) is 6.16. The van der Waals surface area contributed by atoms with Gasteiger partial charge in [0.1, 0.15) is 12.1 Å². The summed E-state index contributed by atoms with van der Waals surface area (Å²) in [4.78, 5) is 27.2. The van der Waals surface area contributed by atoms with Crippen LogP contribution in [0.25, 0.3) is 0 Å². The highest BCUT2D eigenvalue weighted by atomic mass is 16.2. The zero-order valence-electron chi connectivity index (χ0n) is 13.2. The van der Waals surface area contributed by atoms with Crippen LogP contribution < -0.4 is 5.32 Å². The largest absolute Gasteiger partial charge is 0.342 e. The molecule has 0 saturated carbocycles. The highest BCUT2D eigenvalue weighted by molar-refractivity contribution is 5.98. The van der Waals surface area contributed by atoms with Crippen molar-refractivity contribution < 1.29 is 9.59 Å². The molecule has 21 heavy (non-hydrogen) atoms. The zero-order chi connectivity index (χ0) is 15.6. The highest BCUT2D eigenvalue weighted by Crippen LogP contribution is 2.34. The van der Waals surface area contributed by atoms with Crippen molar-refractivity contribution in [3.63, 3.8) is 0 Å². The molecule has 0 spiro atoms. The van der Waals surface area contributed by atoms with E-state index >= 15 is 0 Å². The zero-order valence-corrected chi connectivity index (χ0v) is 13.2. The van der Waals surface area contributed by atoms with Gasteiger partial charge in [-0.1, -0.05) is 44.2 Å². The number of nitrogens with one attached hydrogen (secondary N) is 1. The lowest BCUT2D eigenvalue weighted by molar-refractivity contribution is -0.156. The van der Waals surface area contributed by atoms with Gasteiger partial charge in [-0.3, -0.25) is 9.59 Å². The maximum absolute atomic E-state index is 12.8. The van der Waals surface area contributed by atoms with E-state index in [0.29, 0.717) is 6.42 Å². The Kier molecular flexibility index (Phi) is 4.35. The molecule has 1 heterocycles. The van der Waals surface area contributed by atoms with Gasteiger partial charge in [0.25, 0.3) is 0 Å². The topological polar surface area (TPSA) is 49.4 Å². The second kappa shape index (κ2) is 5.88. The Morgan fingerprint density at radius 1 is 1.14 bits per heavy atom. The number of hydrogen-bond acceptors (Lipinski definition) is 2. The molecule has 1 aliphatic rings. The average Bonchev–Trinajstić information content (AvgIpc) is 2.49. The van der Waals surface area contributed by atoms with Crippen LogP contribution in [-0.4, -0.2) is 28.3 Å². The van der Waals surface area contributed by atoms with E-state index in [1.165, 1.54) is 0 Å². The van der Waals surface area contributed by atoms with Gasteiger partial charge in [-0.25, -0.2) is 0 Å². The fourth-order valence-electron chi connectivity index (χ4n) is 2.76. The fourth-order valence-corrected chi connectivity index (χ4v) is 2.76. The fraction of sp³-hybridized carbons (Fsp3) is 0.529. The Morgan fingerprint density at radius 3 is 2.29 bits per heavy atom. The standard InChI is InChI=1S/C17H24N2O2/c1-5-13-16(21)19(17(3,4)6-2)14(15(20)18-13)12-10-8-7-9-11-12/h7-11,13-14H,5-6H2,1-4H3,(H,18,20). The van der Waals surface area contributed by atoms with Gasteiger partial charge in [0, 0.05) is 5.54 Å². The molecule has 0 aliphatic carbocycles. The number of benzene rings is 1. The monoisotopic (exact) mass is 288 g/mol. The summed E-state index contributed by atoms with van der Waals surface area (Å²) in [5, 5.41) is 2.86. The van der Waals surface area contributed by atoms with E-state index in [4.69, 9.17) is 0 Å². The van der Waals surface area contributed by atoms with E-state index in [1.54, 1.807) is 4.90 Å². The summed E-state index contributed by atoms with van der Waals surface area (Å²) in [6, 6.07) is 8.56. The summed E-state index contributed by atoms with van der Waals surface area (Å²) >= 11 is 0. The van der Waals surface area contributed by atoms with Crippen molar-refractivity contribution in [1.29, 1.82) is 0 Å². The molecule has 2 atom stereocenters. The highest BCUT2D eigenvalue weighted by Gasteiger charge is 2.46. The van der Waals surface area contributed by atoms with Gasteiger partial charge in [0.15, 0.2) is 0 Å². The lowest BCUT2D eigenvalue weighted by atomic mass is 9.89. The Balaban J connectivity index is 2.49. The Morgan fingerprint density at radius 2 is 1.76 bits per heavy atom. The molecule has 2 amide bonds. The predicted molar refractivity (Wildman–Crippen MR) is 82.6 cm³/mol. The van der Waals surface area contributed by atoms with Gasteiger partial charge in [0.2, 0.25) is 11.8 Å². The van der Waals surface area contributed by atoms with Crippen molar-refractivity contribution >= 4 is 11.8 Å². The normalized spacial score (nSPS) is 23.1. The summed E-state index contributed by atoms with van der Waals surface area (Å²) in [6.07, 6.45) is 1.41. The van der Waals surface area contributed by atoms with E-state index in [9.17, 15) is 9.59 Å². The van der Waals surface area contributed by atoms with Gasteiger partial charge in [-0.05, 0) is 32.3 Å². The van der Waals surface area contributed by atoms with Crippen LogP contribution in [0.2, 0.25) is 0 Å². The molecule has 1 fully saturated rings. The molecule has 4 nitrogen and oxygen atoms in total.